The number of ether oxygens (including phenoxy) is 1. The minimum Gasteiger partial charge on any atom is -0.389 e. The van der Waals surface area contributed by atoms with E-state index in [0.717, 1.165) is 44.6 Å². The number of nitrogens with zero attached hydrogens (tertiary/aromatic N) is 1. The fourth-order valence-electron chi connectivity index (χ4n) is 5.77. The summed E-state index contributed by atoms with van der Waals surface area (Å²) in [5.74, 6) is -1.80. The van der Waals surface area contributed by atoms with Crippen molar-refractivity contribution in [1.82, 2.24) is 15.5 Å². The van der Waals surface area contributed by atoms with Crippen molar-refractivity contribution in [3.8, 4) is 0 Å². The van der Waals surface area contributed by atoms with E-state index in [0.29, 0.717) is 38.2 Å². The molecule has 1 aliphatic carbocycles. The van der Waals surface area contributed by atoms with Crippen LogP contribution in [0.4, 0.5) is 8.78 Å². The van der Waals surface area contributed by atoms with Crippen molar-refractivity contribution < 1.29 is 28.2 Å². The summed E-state index contributed by atoms with van der Waals surface area (Å²) in [6.45, 7) is 4.09. The van der Waals surface area contributed by atoms with E-state index in [1.165, 1.54) is 18.6 Å². The van der Waals surface area contributed by atoms with Crippen LogP contribution in [0.1, 0.15) is 63.9 Å². The van der Waals surface area contributed by atoms with Crippen LogP contribution in [0, 0.1) is 23.5 Å². The molecule has 3 aliphatic rings. The summed E-state index contributed by atoms with van der Waals surface area (Å²) in [5.41, 5.74) is 0.360. The highest BCUT2D eigenvalue weighted by molar-refractivity contribution is 5.85. The maximum Gasteiger partial charge on any atom is 0.227 e. The highest BCUT2D eigenvalue weighted by Gasteiger charge is 2.41. The van der Waals surface area contributed by atoms with Crippen LogP contribution in [0.3, 0.4) is 0 Å². The van der Waals surface area contributed by atoms with Gasteiger partial charge in [-0.15, -0.1) is 0 Å². The number of carbonyl (C=O) groups is 2. The summed E-state index contributed by atoms with van der Waals surface area (Å²) >= 11 is 0. The molecule has 0 radical (unpaired) electrons. The fourth-order valence-corrected chi connectivity index (χ4v) is 5.77. The number of benzene rings is 1. The van der Waals surface area contributed by atoms with Crippen LogP contribution in [0.2, 0.25) is 0 Å². The number of hydrogen-bond donors (Lipinski definition) is 3. The first kappa shape index (κ1) is 27.9. The molecule has 3 N–H and O–H groups in total. The Bertz CT molecular complexity index is 900. The molecule has 7 nitrogen and oxygen atoms in total. The number of hydrogen-bond acceptors (Lipinski definition) is 5. The maximum absolute atomic E-state index is 13.8. The van der Waals surface area contributed by atoms with E-state index in [-0.39, 0.29) is 42.2 Å². The largest absolute Gasteiger partial charge is 0.389 e. The van der Waals surface area contributed by atoms with E-state index in [2.05, 4.69) is 17.6 Å². The Morgan fingerprint density at radius 1 is 1.14 bits per heavy atom. The molecule has 1 aromatic carbocycles. The summed E-state index contributed by atoms with van der Waals surface area (Å²) < 4.78 is 33.6. The summed E-state index contributed by atoms with van der Waals surface area (Å²) in [7, 11) is 0. The molecule has 2 amide bonds. The number of aliphatic hydroxyl groups excluding tert-OH is 1. The van der Waals surface area contributed by atoms with Crippen LogP contribution in [0.25, 0.3) is 0 Å². The third-order valence-corrected chi connectivity index (χ3v) is 8.02. The van der Waals surface area contributed by atoms with E-state index in [1.54, 1.807) is 4.90 Å². The summed E-state index contributed by atoms with van der Waals surface area (Å²) in [6, 6.07) is 2.18. The predicted molar refractivity (Wildman–Crippen MR) is 136 cm³/mol. The standard InChI is InChI=1S/C28H41F2N3O4/c1-2-3-9-37-23-14-24(31-15-23)26(34)25(12-18-10-21(29)13-22(30)11-18)32-27(35)20-16-33(17-20)28(36)19-7-5-4-6-8-19/h10-11,13,19-20,23-26,31,34H,2-9,12,14-17H2,1H3,(H,32,35)/t23-,24-,25+,26-/m1/s1. The average molecular weight is 522 g/mol. The monoisotopic (exact) mass is 521 g/mol. The number of amides is 2. The zero-order valence-corrected chi connectivity index (χ0v) is 21.8. The van der Waals surface area contributed by atoms with E-state index in [4.69, 9.17) is 4.74 Å². The molecule has 0 spiro atoms. The van der Waals surface area contributed by atoms with Crippen LogP contribution >= 0.6 is 0 Å². The second kappa shape index (κ2) is 13.1. The highest BCUT2D eigenvalue weighted by atomic mass is 19.1. The molecule has 3 fully saturated rings. The molecule has 1 saturated carbocycles. The molecular formula is C28H41F2N3O4. The van der Waals surface area contributed by atoms with Crippen molar-refractivity contribution in [1.29, 1.82) is 0 Å². The smallest absolute Gasteiger partial charge is 0.227 e. The van der Waals surface area contributed by atoms with Gasteiger partial charge in [-0.2, -0.15) is 0 Å². The molecule has 4 atom stereocenters. The maximum atomic E-state index is 13.8. The van der Waals surface area contributed by atoms with E-state index in [1.807, 2.05) is 0 Å². The molecule has 37 heavy (non-hydrogen) atoms. The van der Waals surface area contributed by atoms with Gasteiger partial charge in [0.1, 0.15) is 11.6 Å². The van der Waals surface area contributed by atoms with Crippen molar-refractivity contribution in [2.75, 3.05) is 26.2 Å². The lowest BCUT2D eigenvalue weighted by molar-refractivity contribution is -0.147. The van der Waals surface area contributed by atoms with Gasteiger partial charge in [0.25, 0.3) is 0 Å². The molecule has 9 heteroatoms. The van der Waals surface area contributed by atoms with Gasteiger partial charge in [0.15, 0.2) is 0 Å². The lowest BCUT2D eigenvalue weighted by atomic mass is 9.86. The molecule has 0 bridgehead atoms. The van der Waals surface area contributed by atoms with Crippen molar-refractivity contribution in [2.24, 2.45) is 11.8 Å². The lowest BCUT2D eigenvalue weighted by Crippen LogP contribution is -2.60. The number of likely N-dealkylation sites (tertiary alicyclic amines) is 1. The molecule has 0 unspecified atom stereocenters. The average Bonchev–Trinajstić information content (AvgIpc) is 3.31. The van der Waals surface area contributed by atoms with Gasteiger partial charge < -0.3 is 25.4 Å². The number of aliphatic hydroxyl groups is 1. The zero-order valence-electron chi connectivity index (χ0n) is 21.8. The van der Waals surface area contributed by atoms with Crippen molar-refractivity contribution in [2.45, 2.75) is 89.0 Å². The SMILES string of the molecule is CCCCO[C@H]1CN[C@@H]([C@@H](O)[C@H](Cc2cc(F)cc(F)c2)NC(=O)C2CN(C(=O)C3CCCCC3)C2)C1. The first-order chi connectivity index (χ1) is 17.8. The van der Waals surface area contributed by atoms with Gasteiger partial charge in [-0.1, -0.05) is 32.6 Å². The zero-order chi connectivity index (χ0) is 26.4. The molecule has 1 aromatic rings. The van der Waals surface area contributed by atoms with Gasteiger partial charge in [-0.05, 0) is 49.8 Å². The van der Waals surface area contributed by atoms with E-state index >= 15 is 0 Å². The second-order valence-electron chi connectivity index (χ2n) is 11.0. The molecule has 206 valence electrons. The third kappa shape index (κ3) is 7.48. The Labute approximate surface area is 218 Å². The van der Waals surface area contributed by atoms with E-state index in [9.17, 15) is 23.5 Å². The fraction of sp³-hybridized carbons (Fsp3) is 0.714. The Morgan fingerprint density at radius 3 is 2.51 bits per heavy atom. The van der Waals surface area contributed by atoms with Crippen LogP contribution in [0.5, 0.6) is 0 Å². The number of unbranched alkanes of at least 4 members (excludes halogenated alkanes) is 1. The van der Waals surface area contributed by atoms with Crippen LogP contribution in [-0.2, 0) is 20.7 Å². The molecule has 0 aromatic heterocycles. The normalized spacial score (nSPS) is 24.5. The Hall–Kier alpha value is -2.10. The molecular weight excluding hydrogens is 480 g/mol. The quantitative estimate of drug-likeness (QED) is 0.390. The third-order valence-electron chi connectivity index (χ3n) is 8.02. The van der Waals surface area contributed by atoms with E-state index < -0.39 is 23.8 Å². The Morgan fingerprint density at radius 2 is 1.84 bits per heavy atom. The van der Waals surface area contributed by atoms with Crippen molar-refractivity contribution >= 4 is 11.8 Å². The lowest BCUT2D eigenvalue weighted by Gasteiger charge is -2.41. The van der Waals surface area contributed by atoms with Crippen LogP contribution < -0.4 is 10.6 Å². The number of rotatable bonds is 11. The Balaban J connectivity index is 1.36. The number of nitrogens with one attached hydrogen (secondary N) is 2. The van der Waals surface area contributed by atoms with Crippen molar-refractivity contribution in [3.05, 3.63) is 35.4 Å². The first-order valence-corrected chi connectivity index (χ1v) is 13.9. The van der Waals surface area contributed by atoms with Gasteiger partial charge in [0, 0.05) is 44.3 Å². The molecule has 2 aliphatic heterocycles. The van der Waals surface area contributed by atoms with Gasteiger partial charge in [-0.3, -0.25) is 9.59 Å². The summed E-state index contributed by atoms with van der Waals surface area (Å²) in [6.07, 6.45) is 6.84. The Kier molecular flexibility index (Phi) is 9.90. The van der Waals surface area contributed by atoms with Gasteiger partial charge >= 0.3 is 0 Å². The predicted octanol–water partition coefficient (Wildman–Crippen LogP) is 2.94. The van der Waals surface area contributed by atoms with Gasteiger partial charge in [-0.25, -0.2) is 8.78 Å². The molecule has 2 heterocycles. The van der Waals surface area contributed by atoms with Gasteiger partial charge in [0.05, 0.1) is 24.2 Å². The van der Waals surface area contributed by atoms with Crippen molar-refractivity contribution in [3.63, 3.8) is 0 Å². The highest BCUT2D eigenvalue weighted by Crippen LogP contribution is 2.29. The molecule has 2 saturated heterocycles. The minimum absolute atomic E-state index is 0.0276. The second-order valence-corrected chi connectivity index (χ2v) is 11.0. The molecule has 4 rings (SSSR count). The van der Waals surface area contributed by atoms with Crippen LogP contribution in [0.15, 0.2) is 18.2 Å². The minimum atomic E-state index is -0.977. The number of carbonyl (C=O) groups excluding carboxylic acids is 2. The topological polar surface area (TPSA) is 90.9 Å². The summed E-state index contributed by atoms with van der Waals surface area (Å²) in [4.78, 5) is 27.6. The van der Waals surface area contributed by atoms with Crippen LogP contribution in [-0.4, -0.2) is 72.4 Å². The van der Waals surface area contributed by atoms with Gasteiger partial charge in [0.2, 0.25) is 11.8 Å². The number of halogens is 2. The summed E-state index contributed by atoms with van der Waals surface area (Å²) in [5, 5.41) is 17.5. The first-order valence-electron chi connectivity index (χ1n) is 13.9.